The number of alkyl halides is 3. The van der Waals surface area contributed by atoms with Crippen molar-refractivity contribution in [2.24, 2.45) is 0 Å². The Morgan fingerprint density at radius 1 is 1.50 bits per heavy atom. The lowest BCUT2D eigenvalue weighted by atomic mass is 10.2. The van der Waals surface area contributed by atoms with E-state index in [9.17, 15) is 13.2 Å². The Balaban J connectivity index is 2.94. The average Bonchev–Trinajstić information content (AvgIpc) is 2.14. The topological polar surface area (TPSA) is 36.4 Å². The Morgan fingerprint density at radius 3 is 2.62 bits per heavy atom. The number of aliphatic hydroxyl groups excluding tert-OH is 1. The van der Waals surface area contributed by atoms with Crippen molar-refractivity contribution in [1.29, 1.82) is 0 Å². The predicted octanol–water partition coefficient (Wildman–Crippen LogP) is 2.33. The molecule has 1 aromatic rings. The number of hydrogen-bond acceptors (Lipinski definition) is 3. The molecular formula is C9H10BrF3N2O. The van der Waals surface area contributed by atoms with Gasteiger partial charge in [0.15, 0.2) is 0 Å². The Bertz CT molecular complexity index is 370. The van der Waals surface area contributed by atoms with E-state index in [0.29, 0.717) is 10.0 Å². The zero-order valence-corrected chi connectivity index (χ0v) is 10.0. The smallest absolute Gasteiger partial charge is 0.392 e. The van der Waals surface area contributed by atoms with Gasteiger partial charge in [0, 0.05) is 23.3 Å². The van der Waals surface area contributed by atoms with Crippen molar-refractivity contribution in [3.05, 3.63) is 22.3 Å². The van der Waals surface area contributed by atoms with Gasteiger partial charge >= 0.3 is 6.18 Å². The molecule has 0 saturated heterocycles. The van der Waals surface area contributed by atoms with Crippen LogP contribution >= 0.6 is 15.9 Å². The van der Waals surface area contributed by atoms with Crippen LogP contribution < -0.4 is 4.90 Å². The summed E-state index contributed by atoms with van der Waals surface area (Å²) in [6, 6.07) is 1.54. The van der Waals surface area contributed by atoms with E-state index in [4.69, 9.17) is 5.11 Å². The highest BCUT2D eigenvalue weighted by molar-refractivity contribution is 9.10. The van der Waals surface area contributed by atoms with Crippen LogP contribution in [0.3, 0.4) is 0 Å². The first kappa shape index (κ1) is 13.2. The molecule has 0 unspecified atom stereocenters. The third-order valence-electron chi connectivity index (χ3n) is 1.86. The summed E-state index contributed by atoms with van der Waals surface area (Å²) in [5, 5.41) is 9.02. The summed E-state index contributed by atoms with van der Waals surface area (Å²) >= 11 is 3.13. The lowest BCUT2D eigenvalue weighted by molar-refractivity contribution is -0.119. The quantitative estimate of drug-likeness (QED) is 0.930. The van der Waals surface area contributed by atoms with Crippen molar-refractivity contribution >= 4 is 21.7 Å². The first-order valence-corrected chi connectivity index (χ1v) is 5.16. The monoisotopic (exact) mass is 298 g/mol. The lowest BCUT2D eigenvalue weighted by Crippen LogP contribution is -2.32. The van der Waals surface area contributed by atoms with Crippen molar-refractivity contribution in [3.8, 4) is 0 Å². The summed E-state index contributed by atoms with van der Waals surface area (Å²) in [7, 11) is 1.28. The summed E-state index contributed by atoms with van der Waals surface area (Å²) in [5.74, 6) is 0.128. The number of aromatic nitrogens is 1. The second kappa shape index (κ2) is 5.01. The zero-order chi connectivity index (χ0) is 12.3. The van der Waals surface area contributed by atoms with Crippen LogP contribution in [0.1, 0.15) is 5.56 Å². The second-order valence-corrected chi connectivity index (χ2v) is 4.18. The van der Waals surface area contributed by atoms with E-state index in [1.54, 1.807) is 0 Å². The van der Waals surface area contributed by atoms with Gasteiger partial charge in [0.1, 0.15) is 12.4 Å². The van der Waals surface area contributed by atoms with Crippen LogP contribution in [0.4, 0.5) is 19.0 Å². The molecule has 0 aromatic carbocycles. The third-order valence-corrected chi connectivity index (χ3v) is 2.29. The van der Waals surface area contributed by atoms with Gasteiger partial charge in [-0.25, -0.2) is 4.98 Å². The highest BCUT2D eigenvalue weighted by atomic mass is 79.9. The van der Waals surface area contributed by atoms with Gasteiger partial charge in [-0.1, -0.05) is 0 Å². The Morgan fingerprint density at radius 2 is 2.12 bits per heavy atom. The Kier molecular flexibility index (Phi) is 4.15. The van der Waals surface area contributed by atoms with Gasteiger partial charge in [0.2, 0.25) is 0 Å². The van der Waals surface area contributed by atoms with Gasteiger partial charge in [0.25, 0.3) is 0 Å². The number of pyridine rings is 1. The first-order valence-electron chi connectivity index (χ1n) is 4.36. The minimum atomic E-state index is -4.30. The van der Waals surface area contributed by atoms with Crippen LogP contribution in [-0.2, 0) is 6.61 Å². The molecular weight excluding hydrogens is 289 g/mol. The number of aliphatic hydroxyl groups is 1. The normalized spacial score (nSPS) is 11.6. The molecule has 1 rings (SSSR count). The molecule has 0 spiro atoms. The van der Waals surface area contributed by atoms with E-state index in [0.717, 1.165) is 4.90 Å². The minimum absolute atomic E-state index is 0.128. The van der Waals surface area contributed by atoms with E-state index < -0.39 is 12.7 Å². The lowest BCUT2D eigenvalue weighted by Gasteiger charge is -2.21. The molecule has 0 fully saturated rings. The SMILES string of the molecule is CN(CC(F)(F)F)c1ncc(Br)cc1CO. The summed E-state index contributed by atoms with van der Waals surface area (Å²) in [4.78, 5) is 4.81. The fourth-order valence-electron chi connectivity index (χ4n) is 1.28. The summed E-state index contributed by atoms with van der Waals surface area (Å²) in [6.07, 6.45) is -2.91. The van der Waals surface area contributed by atoms with Crippen LogP contribution in [0.25, 0.3) is 0 Å². The highest BCUT2D eigenvalue weighted by Crippen LogP contribution is 2.24. The van der Waals surface area contributed by atoms with Crippen LogP contribution in [0.2, 0.25) is 0 Å². The maximum atomic E-state index is 12.2. The molecule has 16 heavy (non-hydrogen) atoms. The van der Waals surface area contributed by atoms with Crippen LogP contribution in [0.5, 0.6) is 0 Å². The maximum absolute atomic E-state index is 12.2. The standard InChI is InChI=1S/C9H10BrF3N2O/c1-15(5-9(11,12)13)8-6(4-16)2-7(10)3-14-8/h2-3,16H,4-5H2,1H3. The van der Waals surface area contributed by atoms with Crippen LogP contribution in [0.15, 0.2) is 16.7 Å². The molecule has 0 amide bonds. The van der Waals surface area contributed by atoms with Gasteiger partial charge in [0.05, 0.1) is 6.61 Å². The molecule has 0 aliphatic heterocycles. The van der Waals surface area contributed by atoms with Gasteiger partial charge in [-0.3, -0.25) is 0 Å². The Labute approximate surface area is 99.0 Å². The second-order valence-electron chi connectivity index (χ2n) is 3.27. The largest absolute Gasteiger partial charge is 0.405 e. The predicted molar refractivity (Wildman–Crippen MR) is 57.2 cm³/mol. The molecule has 1 aromatic heterocycles. The van der Waals surface area contributed by atoms with Crippen molar-refractivity contribution in [1.82, 2.24) is 4.98 Å². The average molecular weight is 299 g/mol. The Hall–Kier alpha value is -0.820. The third kappa shape index (κ3) is 3.64. The van der Waals surface area contributed by atoms with Gasteiger partial charge < -0.3 is 10.0 Å². The van der Waals surface area contributed by atoms with Gasteiger partial charge in [-0.2, -0.15) is 13.2 Å². The molecule has 0 aliphatic rings. The molecule has 1 N–H and O–H groups in total. The first-order chi connectivity index (χ1) is 7.33. The number of anilines is 1. The molecule has 0 bridgehead atoms. The van der Waals surface area contributed by atoms with Crippen molar-refractivity contribution in [2.45, 2.75) is 12.8 Å². The molecule has 0 saturated carbocycles. The molecule has 1 heterocycles. The molecule has 0 aliphatic carbocycles. The fourth-order valence-corrected chi connectivity index (χ4v) is 1.66. The zero-order valence-electron chi connectivity index (χ0n) is 8.42. The highest BCUT2D eigenvalue weighted by Gasteiger charge is 2.30. The minimum Gasteiger partial charge on any atom is -0.392 e. The van der Waals surface area contributed by atoms with E-state index >= 15 is 0 Å². The number of nitrogens with zero attached hydrogens (tertiary/aromatic N) is 2. The maximum Gasteiger partial charge on any atom is 0.405 e. The number of rotatable bonds is 3. The van der Waals surface area contributed by atoms with E-state index in [1.807, 2.05) is 0 Å². The molecule has 0 atom stereocenters. The summed E-state index contributed by atoms with van der Waals surface area (Å²) < 4.78 is 37.1. The number of hydrogen-bond donors (Lipinski definition) is 1. The van der Waals surface area contributed by atoms with Crippen LogP contribution in [-0.4, -0.2) is 29.9 Å². The van der Waals surface area contributed by atoms with Crippen LogP contribution in [0, 0.1) is 0 Å². The van der Waals surface area contributed by atoms with E-state index in [2.05, 4.69) is 20.9 Å². The van der Waals surface area contributed by atoms with E-state index in [1.165, 1.54) is 19.3 Å². The molecule has 3 nitrogen and oxygen atoms in total. The van der Waals surface area contributed by atoms with Crippen molar-refractivity contribution in [2.75, 3.05) is 18.5 Å². The molecule has 0 radical (unpaired) electrons. The fraction of sp³-hybridized carbons (Fsp3) is 0.444. The molecule has 7 heteroatoms. The van der Waals surface area contributed by atoms with Crippen molar-refractivity contribution < 1.29 is 18.3 Å². The van der Waals surface area contributed by atoms with Gasteiger partial charge in [-0.15, -0.1) is 0 Å². The van der Waals surface area contributed by atoms with E-state index in [-0.39, 0.29) is 12.4 Å². The summed E-state index contributed by atoms with van der Waals surface area (Å²) in [5.41, 5.74) is 0.348. The number of halogens is 4. The van der Waals surface area contributed by atoms with Crippen molar-refractivity contribution in [3.63, 3.8) is 0 Å². The summed E-state index contributed by atoms with van der Waals surface area (Å²) in [6.45, 7) is -1.46. The molecule has 90 valence electrons. The van der Waals surface area contributed by atoms with Gasteiger partial charge in [-0.05, 0) is 22.0 Å².